The van der Waals surface area contributed by atoms with E-state index in [0.29, 0.717) is 29.8 Å². The predicted octanol–water partition coefficient (Wildman–Crippen LogP) is 3.80. The number of nitrogens with zero attached hydrogens (tertiary/aromatic N) is 4. The van der Waals surface area contributed by atoms with Crippen molar-refractivity contribution in [2.45, 2.75) is 18.9 Å². The van der Waals surface area contributed by atoms with Crippen molar-refractivity contribution in [2.75, 3.05) is 30.7 Å². The Bertz CT molecular complexity index is 1010. The van der Waals surface area contributed by atoms with E-state index in [2.05, 4.69) is 63.6 Å². The third kappa shape index (κ3) is 4.05. The molecule has 2 aromatic heterocycles. The third-order valence-electron chi connectivity index (χ3n) is 4.44. The first-order chi connectivity index (χ1) is 13.5. The van der Waals surface area contributed by atoms with Crippen LogP contribution in [0.2, 0.25) is 5.02 Å². The summed E-state index contributed by atoms with van der Waals surface area (Å²) in [6.07, 6.45) is 3.32. The standard InChI is InChI=1S/C17H18Br2ClN7O/c18-9-6-10-13(2-5-28-14(10)11(19)7-9)22-3-1-4-23-17-25-15-12(20)8-24-27(15)16(21)26-17/h6-8,13,22H,1-5H2,(H3,21,23,25,26)/t13-/m1/s1. The highest BCUT2D eigenvalue weighted by molar-refractivity contribution is 9.11. The number of nitrogens with two attached hydrogens (primary N) is 1. The molecule has 0 spiro atoms. The number of nitrogens with one attached hydrogen (secondary N) is 2. The molecule has 1 aromatic carbocycles. The number of anilines is 2. The molecule has 148 valence electrons. The molecule has 3 aromatic rings. The lowest BCUT2D eigenvalue weighted by atomic mass is 10.0. The van der Waals surface area contributed by atoms with E-state index >= 15 is 0 Å². The number of rotatable bonds is 6. The second-order valence-electron chi connectivity index (χ2n) is 6.36. The topological polar surface area (TPSA) is 102 Å². The van der Waals surface area contributed by atoms with Crippen molar-refractivity contribution in [1.82, 2.24) is 24.9 Å². The van der Waals surface area contributed by atoms with E-state index in [-0.39, 0.29) is 12.0 Å². The van der Waals surface area contributed by atoms with E-state index in [1.807, 2.05) is 6.07 Å². The summed E-state index contributed by atoms with van der Waals surface area (Å²) in [7, 11) is 0. The first-order valence-corrected chi connectivity index (χ1v) is 10.7. The zero-order valence-electron chi connectivity index (χ0n) is 14.8. The summed E-state index contributed by atoms with van der Waals surface area (Å²) >= 11 is 13.2. The van der Waals surface area contributed by atoms with Crippen LogP contribution in [0.25, 0.3) is 5.65 Å². The Morgan fingerprint density at radius 2 is 2.14 bits per heavy atom. The Hall–Kier alpha value is -1.62. The second-order valence-corrected chi connectivity index (χ2v) is 8.54. The molecule has 0 amide bonds. The average Bonchev–Trinajstić information content (AvgIpc) is 3.03. The van der Waals surface area contributed by atoms with Gasteiger partial charge in [0.05, 0.1) is 17.3 Å². The van der Waals surface area contributed by atoms with Gasteiger partial charge in [-0.3, -0.25) is 0 Å². The first kappa shape index (κ1) is 19.7. The van der Waals surface area contributed by atoms with Crippen molar-refractivity contribution < 1.29 is 4.74 Å². The Morgan fingerprint density at radius 3 is 3.00 bits per heavy atom. The van der Waals surface area contributed by atoms with Gasteiger partial charge in [-0.25, -0.2) is 0 Å². The Kier molecular flexibility index (Phi) is 5.91. The smallest absolute Gasteiger partial charge is 0.228 e. The highest BCUT2D eigenvalue weighted by Gasteiger charge is 2.23. The first-order valence-electron chi connectivity index (χ1n) is 8.78. The lowest BCUT2D eigenvalue weighted by Crippen LogP contribution is -2.29. The maximum Gasteiger partial charge on any atom is 0.228 e. The molecule has 0 fully saturated rings. The molecule has 28 heavy (non-hydrogen) atoms. The van der Waals surface area contributed by atoms with Crippen LogP contribution in [-0.4, -0.2) is 39.3 Å². The molecule has 0 saturated heterocycles. The highest BCUT2D eigenvalue weighted by atomic mass is 79.9. The van der Waals surface area contributed by atoms with E-state index < -0.39 is 0 Å². The van der Waals surface area contributed by atoms with Gasteiger partial charge in [0.15, 0.2) is 5.65 Å². The summed E-state index contributed by atoms with van der Waals surface area (Å²) in [5.41, 5.74) is 7.54. The van der Waals surface area contributed by atoms with Crippen LogP contribution in [0, 0.1) is 0 Å². The van der Waals surface area contributed by atoms with Gasteiger partial charge in [0.25, 0.3) is 0 Å². The van der Waals surface area contributed by atoms with Gasteiger partial charge in [0.1, 0.15) is 10.8 Å². The second kappa shape index (κ2) is 8.40. The molecule has 1 atom stereocenters. The van der Waals surface area contributed by atoms with Crippen LogP contribution in [0.1, 0.15) is 24.4 Å². The van der Waals surface area contributed by atoms with Crippen LogP contribution in [0.5, 0.6) is 5.75 Å². The zero-order valence-corrected chi connectivity index (χ0v) is 18.7. The van der Waals surface area contributed by atoms with Crippen LogP contribution in [-0.2, 0) is 0 Å². The summed E-state index contributed by atoms with van der Waals surface area (Å²) < 4.78 is 9.21. The molecule has 3 heterocycles. The van der Waals surface area contributed by atoms with Crippen LogP contribution in [0.3, 0.4) is 0 Å². The zero-order chi connectivity index (χ0) is 19.7. The largest absolute Gasteiger partial charge is 0.492 e. The number of hydrogen-bond acceptors (Lipinski definition) is 7. The predicted molar refractivity (Wildman–Crippen MR) is 116 cm³/mol. The van der Waals surface area contributed by atoms with Gasteiger partial charge < -0.3 is 21.1 Å². The Balaban J connectivity index is 1.32. The monoisotopic (exact) mass is 529 g/mol. The quantitative estimate of drug-likeness (QED) is 0.416. The van der Waals surface area contributed by atoms with Gasteiger partial charge in [-0.15, -0.1) is 0 Å². The molecule has 4 rings (SSSR count). The highest BCUT2D eigenvalue weighted by Crippen LogP contribution is 2.40. The van der Waals surface area contributed by atoms with Gasteiger partial charge in [-0.1, -0.05) is 27.5 Å². The van der Waals surface area contributed by atoms with Gasteiger partial charge >= 0.3 is 0 Å². The SMILES string of the molecule is Nc1nc(NCCCN[C@@H]2CCOc3c(Br)cc(Br)cc32)nc2c(Cl)cnn12. The molecule has 1 aliphatic heterocycles. The number of hydrogen-bond donors (Lipinski definition) is 3. The van der Waals surface area contributed by atoms with Crippen molar-refractivity contribution in [3.63, 3.8) is 0 Å². The summed E-state index contributed by atoms with van der Waals surface area (Å²) in [6.45, 7) is 2.24. The normalized spacial score (nSPS) is 16.0. The molecule has 0 bridgehead atoms. The molecule has 0 aliphatic carbocycles. The van der Waals surface area contributed by atoms with Crippen molar-refractivity contribution >= 4 is 61.0 Å². The van der Waals surface area contributed by atoms with Gasteiger partial charge in [0, 0.05) is 29.0 Å². The molecule has 8 nitrogen and oxygen atoms in total. The molecule has 0 radical (unpaired) electrons. The Morgan fingerprint density at radius 1 is 1.29 bits per heavy atom. The average molecular weight is 532 g/mol. The Labute approximate surface area is 183 Å². The number of nitrogen functional groups attached to an aromatic ring is 1. The summed E-state index contributed by atoms with van der Waals surface area (Å²) in [5, 5.41) is 11.3. The van der Waals surface area contributed by atoms with Crippen molar-refractivity contribution in [3.05, 3.63) is 37.9 Å². The van der Waals surface area contributed by atoms with Gasteiger partial charge in [-0.05, 0) is 41.0 Å². The van der Waals surface area contributed by atoms with E-state index in [9.17, 15) is 0 Å². The summed E-state index contributed by atoms with van der Waals surface area (Å²) in [6, 6.07) is 4.36. The van der Waals surface area contributed by atoms with E-state index in [0.717, 1.165) is 39.6 Å². The maximum absolute atomic E-state index is 6.07. The number of fused-ring (bicyclic) bond motifs is 2. The van der Waals surface area contributed by atoms with Crippen LogP contribution < -0.4 is 21.1 Å². The molecule has 0 saturated carbocycles. The molecular weight excluding hydrogens is 513 g/mol. The molecule has 11 heteroatoms. The van der Waals surface area contributed by atoms with E-state index in [1.54, 1.807) is 0 Å². The number of benzene rings is 1. The lowest BCUT2D eigenvalue weighted by molar-refractivity contribution is 0.251. The van der Waals surface area contributed by atoms with Crippen molar-refractivity contribution in [3.8, 4) is 5.75 Å². The summed E-state index contributed by atoms with van der Waals surface area (Å²) in [5.74, 6) is 1.60. The minimum Gasteiger partial charge on any atom is -0.492 e. The van der Waals surface area contributed by atoms with Crippen molar-refractivity contribution in [1.29, 1.82) is 0 Å². The maximum atomic E-state index is 6.07. The number of ether oxygens (including phenoxy) is 1. The minimum atomic E-state index is 0.243. The number of halogens is 3. The number of aromatic nitrogens is 4. The fourth-order valence-corrected chi connectivity index (χ4v) is 4.69. The molecular formula is C17H18Br2ClN7O. The van der Waals surface area contributed by atoms with Crippen molar-refractivity contribution in [2.24, 2.45) is 0 Å². The van der Waals surface area contributed by atoms with Gasteiger partial charge in [0.2, 0.25) is 11.9 Å². The van der Waals surface area contributed by atoms with Gasteiger partial charge in [-0.2, -0.15) is 19.6 Å². The fourth-order valence-electron chi connectivity index (χ4n) is 3.15. The molecule has 4 N–H and O–H groups in total. The molecule has 0 unspecified atom stereocenters. The van der Waals surface area contributed by atoms with Crippen LogP contribution in [0.15, 0.2) is 27.3 Å². The lowest BCUT2D eigenvalue weighted by Gasteiger charge is -2.28. The third-order valence-corrected chi connectivity index (χ3v) is 5.76. The molecule has 1 aliphatic rings. The van der Waals surface area contributed by atoms with Crippen LogP contribution >= 0.6 is 43.5 Å². The fraction of sp³-hybridized carbons (Fsp3) is 0.353. The summed E-state index contributed by atoms with van der Waals surface area (Å²) in [4.78, 5) is 8.55. The van der Waals surface area contributed by atoms with Crippen LogP contribution in [0.4, 0.5) is 11.9 Å². The minimum absolute atomic E-state index is 0.243. The van der Waals surface area contributed by atoms with E-state index in [1.165, 1.54) is 10.7 Å². The van der Waals surface area contributed by atoms with E-state index in [4.69, 9.17) is 22.1 Å².